The van der Waals surface area contributed by atoms with Gasteiger partial charge in [-0.1, -0.05) is 30.0 Å². The summed E-state index contributed by atoms with van der Waals surface area (Å²) in [6.45, 7) is 2.58. The second kappa shape index (κ2) is 6.31. The molecule has 0 bridgehead atoms. The Kier molecular flexibility index (Phi) is 4.13. The van der Waals surface area contributed by atoms with Gasteiger partial charge < -0.3 is 4.90 Å². The first kappa shape index (κ1) is 16.4. The molecule has 1 aliphatic rings. The lowest BCUT2D eigenvalue weighted by Gasteiger charge is -2.21. The van der Waals surface area contributed by atoms with Crippen molar-refractivity contribution in [1.82, 2.24) is 9.55 Å². The molecule has 3 heterocycles. The third kappa shape index (κ3) is 2.77. The lowest BCUT2D eigenvalue weighted by atomic mass is 10.2. The van der Waals surface area contributed by atoms with E-state index in [9.17, 15) is 9.59 Å². The molecule has 0 saturated carbocycles. The molecule has 3 aromatic rings. The quantitative estimate of drug-likeness (QED) is 0.524. The molecule has 5 nitrogen and oxygen atoms in total. The summed E-state index contributed by atoms with van der Waals surface area (Å²) in [5.41, 5.74) is 2.13. The molecule has 0 N–H and O–H groups in total. The van der Waals surface area contributed by atoms with Crippen LogP contribution in [0.2, 0.25) is 0 Å². The molecule has 1 unspecified atom stereocenters. The average Bonchev–Trinajstić information content (AvgIpc) is 3.25. The summed E-state index contributed by atoms with van der Waals surface area (Å²) in [4.78, 5) is 32.4. The van der Waals surface area contributed by atoms with E-state index < -0.39 is 0 Å². The first-order valence-corrected chi connectivity index (χ1v) is 9.82. The molecule has 0 fully saturated rings. The van der Waals surface area contributed by atoms with Gasteiger partial charge in [0.15, 0.2) is 5.16 Å². The second-order valence-electron chi connectivity index (χ2n) is 6.03. The number of para-hydroxylation sites is 1. The van der Waals surface area contributed by atoms with Crippen LogP contribution in [0.3, 0.4) is 0 Å². The largest absolute Gasteiger partial charge is 0.311 e. The number of thioether (sulfide) groups is 1. The minimum atomic E-state index is -0.318. The fourth-order valence-electron chi connectivity index (χ4n) is 3.08. The van der Waals surface area contributed by atoms with Crippen molar-refractivity contribution in [1.29, 1.82) is 0 Å². The number of rotatable bonds is 3. The third-order valence-corrected chi connectivity index (χ3v) is 6.38. The predicted octanol–water partition coefficient (Wildman–Crippen LogP) is 3.06. The predicted molar refractivity (Wildman–Crippen MR) is 103 cm³/mol. The maximum absolute atomic E-state index is 12.9. The highest BCUT2D eigenvalue weighted by atomic mass is 32.2. The van der Waals surface area contributed by atoms with Crippen LogP contribution in [0.15, 0.2) is 45.7 Å². The van der Waals surface area contributed by atoms with Crippen molar-refractivity contribution < 1.29 is 4.79 Å². The van der Waals surface area contributed by atoms with Crippen LogP contribution in [0.1, 0.15) is 12.5 Å². The van der Waals surface area contributed by atoms with Gasteiger partial charge in [-0.15, -0.1) is 11.3 Å². The van der Waals surface area contributed by atoms with Crippen LogP contribution in [-0.2, 0) is 18.3 Å². The Morgan fingerprint density at radius 3 is 2.96 bits per heavy atom. The van der Waals surface area contributed by atoms with Gasteiger partial charge in [-0.2, -0.15) is 0 Å². The highest BCUT2D eigenvalue weighted by Crippen LogP contribution is 2.31. The molecule has 0 spiro atoms. The Bertz CT molecular complexity index is 1020. The summed E-state index contributed by atoms with van der Waals surface area (Å²) in [5, 5.41) is 2.75. The summed E-state index contributed by atoms with van der Waals surface area (Å²) in [6.07, 6.45) is 0.886. The minimum absolute atomic E-state index is 0.0514. The number of benzene rings is 1. The van der Waals surface area contributed by atoms with Gasteiger partial charge >= 0.3 is 0 Å². The van der Waals surface area contributed by atoms with Crippen molar-refractivity contribution in [3.05, 3.63) is 51.6 Å². The number of carbonyl (C=O) groups is 1. The molecular weight excluding hydrogens is 354 g/mol. The van der Waals surface area contributed by atoms with E-state index in [1.165, 1.54) is 33.2 Å². The number of hydrogen-bond donors (Lipinski definition) is 0. The standard InChI is InChI=1S/C18H17N3O2S2/c1-11(16(22)21-9-7-12-5-3-4-6-14(12)21)25-18-19-15-13(8-10-24-15)17(23)20(18)2/h3-6,8,10-11H,7,9H2,1-2H3. The molecule has 4 rings (SSSR count). The maximum Gasteiger partial charge on any atom is 0.262 e. The van der Waals surface area contributed by atoms with Gasteiger partial charge in [-0.25, -0.2) is 4.98 Å². The van der Waals surface area contributed by atoms with E-state index in [0.29, 0.717) is 17.1 Å². The molecule has 1 amide bonds. The van der Waals surface area contributed by atoms with Crippen molar-refractivity contribution in [2.45, 2.75) is 23.8 Å². The van der Waals surface area contributed by atoms with E-state index >= 15 is 0 Å². The van der Waals surface area contributed by atoms with Crippen LogP contribution in [0, 0.1) is 0 Å². The summed E-state index contributed by atoms with van der Waals surface area (Å²) < 4.78 is 1.53. The van der Waals surface area contributed by atoms with E-state index in [1.807, 2.05) is 35.4 Å². The fourth-order valence-corrected chi connectivity index (χ4v) is 4.82. The van der Waals surface area contributed by atoms with E-state index in [4.69, 9.17) is 0 Å². The molecule has 128 valence electrons. The van der Waals surface area contributed by atoms with Crippen molar-refractivity contribution in [3.63, 3.8) is 0 Å². The Morgan fingerprint density at radius 1 is 1.32 bits per heavy atom. The molecule has 0 radical (unpaired) electrons. The molecule has 1 aromatic carbocycles. The van der Waals surface area contributed by atoms with Crippen LogP contribution in [0.25, 0.3) is 10.2 Å². The van der Waals surface area contributed by atoms with Gasteiger partial charge in [0.2, 0.25) is 5.91 Å². The highest BCUT2D eigenvalue weighted by molar-refractivity contribution is 8.00. The normalized spacial score (nSPS) is 14.7. The number of hydrogen-bond acceptors (Lipinski definition) is 5. The average molecular weight is 371 g/mol. The first-order valence-electron chi connectivity index (χ1n) is 8.06. The molecule has 1 atom stereocenters. The molecule has 0 saturated heterocycles. The molecule has 1 aliphatic heterocycles. The number of anilines is 1. The second-order valence-corrected chi connectivity index (χ2v) is 8.23. The number of aromatic nitrogens is 2. The van der Waals surface area contributed by atoms with Crippen LogP contribution < -0.4 is 10.5 Å². The van der Waals surface area contributed by atoms with Crippen LogP contribution in [0.4, 0.5) is 5.69 Å². The lowest BCUT2D eigenvalue weighted by molar-refractivity contribution is -0.117. The van der Waals surface area contributed by atoms with Crippen LogP contribution in [-0.4, -0.2) is 27.3 Å². The van der Waals surface area contributed by atoms with Gasteiger partial charge in [0.05, 0.1) is 10.6 Å². The lowest BCUT2D eigenvalue weighted by Crippen LogP contribution is -2.35. The zero-order valence-electron chi connectivity index (χ0n) is 13.9. The number of nitrogens with zero attached hydrogens (tertiary/aromatic N) is 3. The molecule has 25 heavy (non-hydrogen) atoms. The highest BCUT2D eigenvalue weighted by Gasteiger charge is 2.29. The Balaban J connectivity index is 1.60. The van der Waals surface area contributed by atoms with E-state index in [0.717, 1.165) is 16.9 Å². The SMILES string of the molecule is CC(Sc1nc2sccc2c(=O)n1C)C(=O)N1CCc2ccccc21. The van der Waals surface area contributed by atoms with Gasteiger partial charge in [0.1, 0.15) is 4.83 Å². The van der Waals surface area contributed by atoms with Crippen LogP contribution in [0.5, 0.6) is 0 Å². The topological polar surface area (TPSA) is 55.2 Å². The Hall–Kier alpha value is -2.12. The molecular formula is C18H17N3O2S2. The van der Waals surface area contributed by atoms with Crippen molar-refractivity contribution in [2.24, 2.45) is 7.05 Å². The minimum Gasteiger partial charge on any atom is -0.311 e. The van der Waals surface area contributed by atoms with Crippen molar-refractivity contribution in [2.75, 3.05) is 11.4 Å². The first-order chi connectivity index (χ1) is 12.1. The Morgan fingerprint density at radius 2 is 2.12 bits per heavy atom. The van der Waals surface area contributed by atoms with E-state index in [-0.39, 0.29) is 16.7 Å². The third-order valence-electron chi connectivity index (χ3n) is 4.45. The van der Waals surface area contributed by atoms with Crippen LogP contribution >= 0.6 is 23.1 Å². The number of carbonyl (C=O) groups excluding carboxylic acids is 1. The van der Waals surface area contributed by atoms with Gasteiger partial charge in [0.25, 0.3) is 5.56 Å². The monoisotopic (exact) mass is 371 g/mol. The molecule has 0 aliphatic carbocycles. The smallest absolute Gasteiger partial charge is 0.262 e. The van der Waals surface area contributed by atoms with Gasteiger partial charge in [-0.3, -0.25) is 14.2 Å². The maximum atomic E-state index is 12.9. The number of amides is 1. The van der Waals surface area contributed by atoms with Gasteiger partial charge in [0, 0.05) is 19.3 Å². The van der Waals surface area contributed by atoms with E-state index in [1.54, 1.807) is 13.1 Å². The summed E-state index contributed by atoms with van der Waals surface area (Å²) in [7, 11) is 1.71. The van der Waals surface area contributed by atoms with Crippen molar-refractivity contribution in [3.8, 4) is 0 Å². The summed E-state index contributed by atoms with van der Waals surface area (Å²) >= 11 is 2.78. The number of thiophene rings is 1. The Labute approximate surface area is 153 Å². The molecule has 2 aromatic heterocycles. The summed E-state index contributed by atoms with van der Waals surface area (Å²) in [5.74, 6) is 0.0514. The summed E-state index contributed by atoms with van der Waals surface area (Å²) in [6, 6.07) is 9.80. The zero-order valence-corrected chi connectivity index (χ0v) is 15.6. The fraction of sp³-hybridized carbons (Fsp3) is 0.278. The van der Waals surface area contributed by atoms with E-state index in [2.05, 4.69) is 11.1 Å². The van der Waals surface area contributed by atoms with Gasteiger partial charge in [-0.05, 0) is 36.4 Å². The molecule has 7 heteroatoms. The number of fused-ring (bicyclic) bond motifs is 2. The zero-order chi connectivity index (χ0) is 17.6. The van der Waals surface area contributed by atoms with Crippen molar-refractivity contribution >= 4 is 44.9 Å².